The molecule has 23 heavy (non-hydrogen) atoms. The Labute approximate surface area is 142 Å². The molecule has 3 rings (SSSR count). The molecule has 0 N–H and O–H groups in total. The zero-order chi connectivity index (χ0) is 16.2. The average Bonchev–Trinajstić information content (AvgIpc) is 3.00. The highest BCUT2D eigenvalue weighted by atomic mass is 32.1. The third-order valence-corrected chi connectivity index (χ3v) is 5.51. The fraction of sp³-hybridized carbons (Fsp3) is 0.750. The highest BCUT2D eigenvalue weighted by molar-refractivity contribution is 7.09. The lowest BCUT2D eigenvalue weighted by Crippen LogP contribution is -2.55. The monoisotopic (exact) mass is 338 g/mol. The summed E-state index contributed by atoms with van der Waals surface area (Å²) < 4.78 is 5.33. The molecule has 1 atom stereocenters. The summed E-state index contributed by atoms with van der Waals surface area (Å²) in [4.78, 5) is 23.8. The lowest BCUT2D eigenvalue weighted by molar-refractivity contribution is -0.141. The molecule has 2 saturated heterocycles. The molecular weight excluding hydrogens is 312 g/mol. The maximum absolute atomic E-state index is 12.6. The molecular formula is C16H26N4O2S. The third kappa shape index (κ3) is 4.29. The van der Waals surface area contributed by atoms with Gasteiger partial charge < -0.3 is 9.64 Å². The fourth-order valence-electron chi connectivity index (χ4n) is 3.22. The van der Waals surface area contributed by atoms with Gasteiger partial charge in [0.15, 0.2) is 0 Å². The number of hydrogen-bond donors (Lipinski definition) is 0. The van der Waals surface area contributed by atoms with Crippen molar-refractivity contribution in [1.82, 2.24) is 19.7 Å². The van der Waals surface area contributed by atoms with E-state index in [1.807, 2.05) is 18.7 Å². The number of amides is 1. The van der Waals surface area contributed by atoms with Crippen molar-refractivity contribution in [2.24, 2.45) is 0 Å². The van der Waals surface area contributed by atoms with Gasteiger partial charge in [-0.25, -0.2) is 4.98 Å². The summed E-state index contributed by atoms with van der Waals surface area (Å²) in [5.41, 5.74) is 1.17. The van der Waals surface area contributed by atoms with Crippen LogP contribution in [0, 0.1) is 6.92 Å². The van der Waals surface area contributed by atoms with E-state index in [4.69, 9.17) is 4.74 Å². The quantitative estimate of drug-likeness (QED) is 0.813. The molecule has 1 aromatic rings. The van der Waals surface area contributed by atoms with Gasteiger partial charge in [-0.15, -0.1) is 11.3 Å². The van der Waals surface area contributed by atoms with Crippen LogP contribution >= 0.6 is 11.3 Å². The summed E-state index contributed by atoms with van der Waals surface area (Å²) in [7, 11) is 0. The summed E-state index contributed by atoms with van der Waals surface area (Å²) in [6, 6.07) is -0.0308. The molecule has 2 aliphatic rings. The number of carbonyl (C=O) groups is 1. The Hall–Kier alpha value is -1.02. The first-order valence-electron chi connectivity index (χ1n) is 8.37. The van der Waals surface area contributed by atoms with Gasteiger partial charge >= 0.3 is 0 Å². The molecule has 128 valence electrons. The van der Waals surface area contributed by atoms with Gasteiger partial charge in [-0.1, -0.05) is 0 Å². The fourth-order valence-corrected chi connectivity index (χ4v) is 3.83. The van der Waals surface area contributed by atoms with Crippen molar-refractivity contribution in [3.63, 3.8) is 0 Å². The standard InChI is InChI=1S/C16H26N4O2S/c1-13(16(21)20-7-9-22-10-8-20)19-5-3-18(4-6-19)11-15-12-23-14(2)17-15/h12-13H,3-11H2,1-2H3. The van der Waals surface area contributed by atoms with Crippen LogP contribution in [0.5, 0.6) is 0 Å². The smallest absolute Gasteiger partial charge is 0.239 e. The van der Waals surface area contributed by atoms with E-state index in [1.54, 1.807) is 11.3 Å². The van der Waals surface area contributed by atoms with Gasteiger partial charge in [-0.05, 0) is 13.8 Å². The van der Waals surface area contributed by atoms with Gasteiger partial charge in [-0.2, -0.15) is 0 Å². The number of hydrogen-bond acceptors (Lipinski definition) is 6. The van der Waals surface area contributed by atoms with Gasteiger partial charge in [0.05, 0.1) is 30.0 Å². The Morgan fingerprint density at radius 1 is 1.26 bits per heavy atom. The van der Waals surface area contributed by atoms with Crippen LogP contribution in [0.15, 0.2) is 5.38 Å². The topological polar surface area (TPSA) is 48.9 Å². The Balaban J connectivity index is 1.46. The lowest BCUT2D eigenvalue weighted by atomic mass is 10.2. The number of aromatic nitrogens is 1. The lowest BCUT2D eigenvalue weighted by Gasteiger charge is -2.39. The first-order valence-corrected chi connectivity index (χ1v) is 9.25. The van der Waals surface area contributed by atoms with Crippen LogP contribution < -0.4 is 0 Å². The summed E-state index contributed by atoms with van der Waals surface area (Å²) in [6.07, 6.45) is 0. The molecule has 3 heterocycles. The first-order chi connectivity index (χ1) is 11.1. The molecule has 0 radical (unpaired) electrons. The molecule has 1 amide bonds. The molecule has 2 aliphatic heterocycles. The number of ether oxygens (including phenoxy) is 1. The van der Waals surface area contributed by atoms with Crippen molar-refractivity contribution >= 4 is 17.2 Å². The van der Waals surface area contributed by atoms with Crippen molar-refractivity contribution in [2.75, 3.05) is 52.5 Å². The van der Waals surface area contributed by atoms with Gasteiger partial charge in [-0.3, -0.25) is 14.6 Å². The van der Waals surface area contributed by atoms with E-state index in [0.717, 1.165) is 50.8 Å². The largest absolute Gasteiger partial charge is 0.378 e. The van der Waals surface area contributed by atoms with E-state index in [1.165, 1.54) is 5.69 Å². The Morgan fingerprint density at radius 2 is 1.96 bits per heavy atom. The van der Waals surface area contributed by atoms with Gasteiger partial charge in [0.1, 0.15) is 0 Å². The zero-order valence-corrected chi connectivity index (χ0v) is 14.8. The Morgan fingerprint density at radius 3 is 2.57 bits per heavy atom. The van der Waals surface area contributed by atoms with Crippen molar-refractivity contribution in [3.8, 4) is 0 Å². The molecule has 0 bridgehead atoms. The van der Waals surface area contributed by atoms with E-state index in [2.05, 4.69) is 20.2 Å². The van der Waals surface area contributed by atoms with Crippen molar-refractivity contribution in [3.05, 3.63) is 16.1 Å². The van der Waals surface area contributed by atoms with Crippen LogP contribution in [0.4, 0.5) is 0 Å². The number of thiazole rings is 1. The van der Waals surface area contributed by atoms with Gasteiger partial charge in [0.2, 0.25) is 5.91 Å². The highest BCUT2D eigenvalue weighted by Gasteiger charge is 2.29. The van der Waals surface area contributed by atoms with Gasteiger partial charge in [0, 0.05) is 51.2 Å². The SMILES string of the molecule is Cc1nc(CN2CCN(C(C)C(=O)N3CCOCC3)CC2)cs1. The van der Waals surface area contributed by atoms with Gasteiger partial charge in [0.25, 0.3) is 0 Å². The normalized spacial score (nSPS) is 22.3. The van der Waals surface area contributed by atoms with E-state index >= 15 is 0 Å². The first kappa shape index (κ1) is 16.8. The molecule has 0 spiro atoms. The van der Waals surface area contributed by atoms with E-state index in [-0.39, 0.29) is 11.9 Å². The maximum atomic E-state index is 12.6. The minimum absolute atomic E-state index is 0.0308. The second-order valence-electron chi connectivity index (χ2n) is 6.28. The average molecular weight is 338 g/mol. The number of piperazine rings is 1. The summed E-state index contributed by atoms with van der Waals surface area (Å²) >= 11 is 1.71. The van der Waals surface area contributed by atoms with E-state index in [9.17, 15) is 4.79 Å². The van der Waals surface area contributed by atoms with E-state index < -0.39 is 0 Å². The second kappa shape index (κ2) is 7.70. The summed E-state index contributed by atoms with van der Waals surface area (Å²) in [5, 5.41) is 3.27. The molecule has 0 aromatic carbocycles. The van der Waals surface area contributed by atoms with Crippen LogP contribution in [0.1, 0.15) is 17.6 Å². The molecule has 1 aromatic heterocycles. The highest BCUT2D eigenvalue weighted by Crippen LogP contribution is 2.14. The number of nitrogens with zero attached hydrogens (tertiary/aromatic N) is 4. The molecule has 2 fully saturated rings. The molecule has 7 heteroatoms. The number of aryl methyl sites for hydroxylation is 1. The molecule has 6 nitrogen and oxygen atoms in total. The Kier molecular flexibility index (Phi) is 5.63. The van der Waals surface area contributed by atoms with Crippen LogP contribution in [0.25, 0.3) is 0 Å². The summed E-state index contributed by atoms with van der Waals surface area (Å²) in [5.74, 6) is 0.247. The number of rotatable bonds is 4. The number of carbonyl (C=O) groups excluding carboxylic acids is 1. The number of morpholine rings is 1. The van der Waals surface area contributed by atoms with Crippen molar-refractivity contribution in [1.29, 1.82) is 0 Å². The molecule has 1 unspecified atom stereocenters. The predicted octanol–water partition coefficient (Wildman–Crippen LogP) is 0.816. The third-order valence-electron chi connectivity index (χ3n) is 4.69. The second-order valence-corrected chi connectivity index (χ2v) is 7.35. The minimum atomic E-state index is -0.0308. The van der Waals surface area contributed by atoms with Crippen LogP contribution in [-0.4, -0.2) is 84.1 Å². The Bertz CT molecular complexity index is 522. The molecule has 0 aliphatic carbocycles. The zero-order valence-electron chi connectivity index (χ0n) is 14.0. The van der Waals surface area contributed by atoms with Crippen LogP contribution in [0.2, 0.25) is 0 Å². The molecule has 0 saturated carbocycles. The van der Waals surface area contributed by atoms with Crippen LogP contribution in [0.3, 0.4) is 0 Å². The summed E-state index contributed by atoms with van der Waals surface area (Å²) in [6.45, 7) is 11.7. The predicted molar refractivity (Wildman–Crippen MR) is 90.6 cm³/mol. The van der Waals surface area contributed by atoms with E-state index in [0.29, 0.717) is 13.2 Å². The minimum Gasteiger partial charge on any atom is -0.378 e. The van der Waals surface area contributed by atoms with Crippen LogP contribution in [-0.2, 0) is 16.1 Å². The van der Waals surface area contributed by atoms with Crippen molar-refractivity contribution in [2.45, 2.75) is 26.4 Å². The van der Waals surface area contributed by atoms with Crippen molar-refractivity contribution < 1.29 is 9.53 Å². The maximum Gasteiger partial charge on any atom is 0.239 e.